The Hall–Kier alpha value is -3.80. The molecule has 1 fully saturated rings. The number of aryl methyl sites for hydroxylation is 1. The second-order valence-corrected chi connectivity index (χ2v) is 10.4. The van der Waals surface area contributed by atoms with Gasteiger partial charge in [0.2, 0.25) is 11.7 Å². The molecule has 3 aromatic rings. The van der Waals surface area contributed by atoms with E-state index >= 15 is 0 Å². The van der Waals surface area contributed by atoms with Crippen LogP contribution in [0.15, 0.2) is 30.6 Å². The van der Waals surface area contributed by atoms with E-state index in [0.717, 1.165) is 29.7 Å². The van der Waals surface area contributed by atoms with Gasteiger partial charge in [-0.15, -0.1) is 0 Å². The van der Waals surface area contributed by atoms with Crippen molar-refractivity contribution in [3.63, 3.8) is 0 Å². The minimum absolute atomic E-state index is 0.105. The molecule has 3 N–H and O–H groups in total. The lowest BCUT2D eigenvalue weighted by Gasteiger charge is -2.20. The smallest absolute Gasteiger partial charge is 0.263 e. The highest BCUT2D eigenvalue weighted by Gasteiger charge is 2.28. The van der Waals surface area contributed by atoms with Gasteiger partial charge in [-0.2, -0.15) is 4.39 Å². The molecule has 0 aliphatic carbocycles. The van der Waals surface area contributed by atoms with Crippen molar-refractivity contribution >= 4 is 39.9 Å². The lowest BCUT2D eigenvalue weighted by Crippen LogP contribution is -2.27. The predicted octanol–water partition coefficient (Wildman–Crippen LogP) is 4.70. The number of anilines is 3. The van der Waals surface area contributed by atoms with Gasteiger partial charge in [-0.05, 0) is 38.0 Å². The van der Waals surface area contributed by atoms with Crippen molar-refractivity contribution in [2.24, 2.45) is 0 Å². The van der Waals surface area contributed by atoms with Crippen LogP contribution in [0.5, 0.6) is 5.75 Å². The zero-order valence-corrected chi connectivity index (χ0v) is 23.4. The first-order chi connectivity index (χ1) is 18.8. The summed E-state index contributed by atoms with van der Waals surface area (Å²) in [4.78, 5) is 39.3. The number of carbonyl (C=O) groups excluding carboxylic acids is 2. The Morgan fingerprint density at radius 2 is 2.00 bits per heavy atom. The maximum absolute atomic E-state index is 14.9. The van der Waals surface area contributed by atoms with Gasteiger partial charge in [0.15, 0.2) is 16.8 Å². The Kier molecular flexibility index (Phi) is 9.28. The Bertz CT molecular complexity index is 1300. The van der Waals surface area contributed by atoms with E-state index in [1.165, 1.54) is 6.33 Å². The zero-order valence-electron chi connectivity index (χ0n) is 22.6. The van der Waals surface area contributed by atoms with E-state index in [2.05, 4.69) is 30.9 Å². The molecule has 0 radical (unpaired) electrons. The molecular formula is C27H34FN7O3S. The highest BCUT2D eigenvalue weighted by atomic mass is 32.1. The third-order valence-corrected chi connectivity index (χ3v) is 7.43. The molecule has 1 aromatic carbocycles. The molecule has 1 aliphatic rings. The van der Waals surface area contributed by atoms with Crippen LogP contribution in [0.25, 0.3) is 0 Å². The zero-order chi connectivity index (χ0) is 27.9. The molecule has 2 atom stereocenters. The molecule has 0 unspecified atom stereocenters. The molecule has 0 spiro atoms. The third-order valence-electron chi connectivity index (χ3n) is 6.36. The number of amides is 2. The van der Waals surface area contributed by atoms with Crippen molar-refractivity contribution < 1.29 is 18.7 Å². The number of benzene rings is 1. The molecule has 2 aromatic heterocycles. The number of aromatic nitrogens is 3. The second kappa shape index (κ2) is 12.8. The van der Waals surface area contributed by atoms with E-state index in [4.69, 9.17) is 4.74 Å². The summed E-state index contributed by atoms with van der Waals surface area (Å²) in [6, 6.07) is 7.31. The fourth-order valence-corrected chi connectivity index (χ4v) is 5.09. The minimum atomic E-state index is -0.442. The minimum Gasteiger partial charge on any atom is -0.489 e. The molecule has 1 saturated heterocycles. The van der Waals surface area contributed by atoms with Crippen molar-refractivity contribution in [3.8, 4) is 5.75 Å². The number of hydrogen-bond donors (Lipinski definition) is 3. The molecule has 0 bridgehead atoms. The van der Waals surface area contributed by atoms with Crippen LogP contribution in [-0.2, 0) is 4.79 Å². The molecule has 208 valence electrons. The normalized spacial score (nSPS) is 15.6. The number of nitrogens with one attached hydrogen (secondary N) is 3. The van der Waals surface area contributed by atoms with Crippen molar-refractivity contribution in [1.82, 2.24) is 20.3 Å². The van der Waals surface area contributed by atoms with E-state index in [9.17, 15) is 14.0 Å². The molecule has 39 heavy (non-hydrogen) atoms. The quantitative estimate of drug-likeness (QED) is 0.311. The Morgan fingerprint density at radius 1 is 1.23 bits per heavy atom. The molecule has 1 aliphatic heterocycles. The van der Waals surface area contributed by atoms with Gasteiger partial charge in [0.05, 0.1) is 18.3 Å². The largest absolute Gasteiger partial charge is 0.489 e. The van der Waals surface area contributed by atoms with Crippen molar-refractivity contribution in [1.29, 1.82) is 0 Å². The molecule has 3 heterocycles. The maximum atomic E-state index is 14.9. The van der Waals surface area contributed by atoms with Crippen molar-refractivity contribution in [2.45, 2.75) is 59.1 Å². The summed E-state index contributed by atoms with van der Waals surface area (Å²) >= 11 is 1.16. The fraction of sp³-hybridized carbons (Fsp3) is 0.444. The van der Waals surface area contributed by atoms with E-state index in [1.807, 2.05) is 43.0 Å². The van der Waals surface area contributed by atoms with Crippen LogP contribution in [0, 0.1) is 12.7 Å². The Morgan fingerprint density at radius 3 is 2.72 bits per heavy atom. The summed E-state index contributed by atoms with van der Waals surface area (Å²) < 4.78 is 21.0. The lowest BCUT2D eigenvalue weighted by atomic mass is 10.1. The Labute approximate surface area is 231 Å². The summed E-state index contributed by atoms with van der Waals surface area (Å²) in [7, 11) is 0. The van der Waals surface area contributed by atoms with Crippen LogP contribution in [0.1, 0.15) is 67.0 Å². The van der Waals surface area contributed by atoms with Crippen molar-refractivity contribution in [2.75, 3.05) is 35.2 Å². The van der Waals surface area contributed by atoms with Gasteiger partial charge in [-0.25, -0.2) is 15.0 Å². The molecule has 2 amide bonds. The summed E-state index contributed by atoms with van der Waals surface area (Å²) in [5, 5.41) is 9.10. The van der Waals surface area contributed by atoms with E-state index in [0.29, 0.717) is 47.5 Å². The fourth-order valence-electron chi connectivity index (χ4n) is 4.21. The number of halogens is 1. The molecule has 12 heteroatoms. The molecular weight excluding hydrogens is 521 g/mol. The Balaban J connectivity index is 1.32. The summed E-state index contributed by atoms with van der Waals surface area (Å²) in [6.07, 6.45) is 3.22. The predicted molar refractivity (Wildman–Crippen MR) is 150 cm³/mol. The first-order valence-corrected chi connectivity index (χ1v) is 13.9. The van der Waals surface area contributed by atoms with Gasteiger partial charge >= 0.3 is 0 Å². The monoisotopic (exact) mass is 555 g/mol. The highest BCUT2D eigenvalue weighted by molar-refractivity contribution is 7.17. The van der Waals surface area contributed by atoms with Crippen LogP contribution in [0.3, 0.4) is 0 Å². The number of hydrogen-bond acceptors (Lipinski definition) is 9. The molecule has 10 nitrogen and oxygen atoms in total. The van der Waals surface area contributed by atoms with E-state index in [1.54, 1.807) is 13.8 Å². The van der Waals surface area contributed by atoms with Crippen LogP contribution in [0.4, 0.5) is 21.2 Å². The van der Waals surface area contributed by atoms with Gasteiger partial charge < -0.3 is 25.6 Å². The molecule has 0 saturated carbocycles. The molecule has 4 rings (SSSR count). The van der Waals surface area contributed by atoms with Gasteiger partial charge in [-0.3, -0.25) is 9.59 Å². The SMILES string of the molecule is CCCNc1ncnc(N2CC[C@@H](Oc3ccc([C@H](C)NC(=O)c4sc(NC(=O)CC)nc4C)cc3)C2)c1F. The van der Waals surface area contributed by atoms with E-state index in [-0.39, 0.29) is 35.6 Å². The van der Waals surface area contributed by atoms with Crippen LogP contribution >= 0.6 is 11.3 Å². The van der Waals surface area contributed by atoms with Crippen molar-refractivity contribution in [3.05, 3.63) is 52.5 Å². The van der Waals surface area contributed by atoms with Crippen LogP contribution < -0.4 is 25.6 Å². The second-order valence-electron chi connectivity index (χ2n) is 9.36. The average molecular weight is 556 g/mol. The van der Waals surface area contributed by atoms with Crippen LogP contribution in [0.2, 0.25) is 0 Å². The topological polar surface area (TPSA) is 121 Å². The standard InChI is InChI=1S/C27H34FN7O3S/c1-5-12-29-24-22(28)25(31-15-30-24)35-13-11-20(14-35)38-19-9-7-18(8-10-19)16(3)32-26(37)23-17(4)33-27(39-23)34-21(36)6-2/h7-10,15-16,20H,5-6,11-14H2,1-4H3,(H,32,37)(H,29,30,31)(H,33,34,36)/t16-,20+/m0/s1. The number of thiazole rings is 1. The highest BCUT2D eigenvalue weighted by Crippen LogP contribution is 2.28. The summed E-state index contributed by atoms with van der Waals surface area (Å²) in [6.45, 7) is 9.20. The number of carbonyl (C=O) groups is 2. The number of ether oxygens (including phenoxy) is 1. The first-order valence-electron chi connectivity index (χ1n) is 13.1. The lowest BCUT2D eigenvalue weighted by molar-refractivity contribution is -0.115. The number of rotatable bonds is 11. The van der Waals surface area contributed by atoms with Gasteiger partial charge in [0, 0.05) is 25.9 Å². The van der Waals surface area contributed by atoms with Crippen LogP contribution in [-0.4, -0.2) is 52.5 Å². The van der Waals surface area contributed by atoms with E-state index < -0.39 is 5.82 Å². The third kappa shape index (κ3) is 6.99. The summed E-state index contributed by atoms with van der Waals surface area (Å²) in [5.74, 6) is 0.370. The number of nitrogens with zero attached hydrogens (tertiary/aromatic N) is 4. The maximum Gasteiger partial charge on any atom is 0.263 e. The van der Waals surface area contributed by atoms with Gasteiger partial charge in [0.25, 0.3) is 5.91 Å². The first kappa shape index (κ1) is 28.2. The average Bonchev–Trinajstić information content (AvgIpc) is 3.54. The van der Waals surface area contributed by atoms with Gasteiger partial charge in [0.1, 0.15) is 23.1 Å². The summed E-state index contributed by atoms with van der Waals surface area (Å²) in [5.41, 5.74) is 1.49. The van der Waals surface area contributed by atoms with Gasteiger partial charge in [-0.1, -0.05) is 37.3 Å².